The highest BCUT2D eigenvalue weighted by Gasteiger charge is 2.32. The minimum atomic E-state index is -0.0167. The second-order valence-electron chi connectivity index (χ2n) is 6.87. The summed E-state index contributed by atoms with van der Waals surface area (Å²) in [6, 6.07) is 1.71. The van der Waals surface area contributed by atoms with Crippen LogP contribution in [0.15, 0.2) is 24.7 Å². The van der Waals surface area contributed by atoms with Gasteiger partial charge in [-0.15, -0.1) is 0 Å². The van der Waals surface area contributed by atoms with Gasteiger partial charge in [0.2, 0.25) is 0 Å². The molecule has 1 aliphatic carbocycles. The molecule has 2 aromatic rings. The molecular formula is C18H23N5O2. The zero-order valence-electron chi connectivity index (χ0n) is 14.5. The van der Waals surface area contributed by atoms with Gasteiger partial charge in [0.15, 0.2) is 0 Å². The first-order chi connectivity index (χ1) is 12.3. The fourth-order valence-corrected chi connectivity index (χ4v) is 3.45. The summed E-state index contributed by atoms with van der Waals surface area (Å²) in [6.07, 6.45) is 7.52. The minimum Gasteiger partial charge on any atom is -0.380 e. The Morgan fingerprint density at radius 2 is 2.16 bits per heavy atom. The van der Waals surface area contributed by atoms with Crippen LogP contribution < -0.4 is 0 Å². The number of carbonyl (C=O) groups excluding carboxylic acids is 1. The molecule has 1 aliphatic heterocycles. The van der Waals surface area contributed by atoms with Crippen LogP contribution in [0.25, 0.3) is 0 Å². The molecule has 2 aliphatic rings. The number of aromatic nitrogens is 4. The van der Waals surface area contributed by atoms with E-state index in [9.17, 15) is 4.79 Å². The molecule has 25 heavy (non-hydrogen) atoms. The summed E-state index contributed by atoms with van der Waals surface area (Å²) in [7, 11) is 0. The number of rotatable bonds is 6. The normalized spacial score (nSPS) is 19.7. The van der Waals surface area contributed by atoms with Crippen molar-refractivity contribution in [3.05, 3.63) is 41.5 Å². The monoisotopic (exact) mass is 341 g/mol. The summed E-state index contributed by atoms with van der Waals surface area (Å²) in [5.41, 5.74) is 2.90. The largest absolute Gasteiger partial charge is 0.380 e. The predicted molar refractivity (Wildman–Crippen MR) is 91.0 cm³/mol. The van der Waals surface area contributed by atoms with Crippen molar-refractivity contribution in [2.45, 2.75) is 38.8 Å². The predicted octanol–water partition coefficient (Wildman–Crippen LogP) is 1.86. The third-order valence-corrected chi connectivity index (χ3v) is 4.94. The molecular weight excluding hydrogens is 318 g/mol. The van der Waals surface area contributed by atoms with E-state index in [1.807, 2.05) is 15.8 Å². The van der Waals surface area contributed by atoms with E-state index in [2.05, 4.69) is 22.2 Å². The molecule has 4 rings (SSSR count). The lowest BCUT2D eigenvalue weighted by Crippen LogP contribution is -2.40. The van der Waals surface area contributed by atoms with E-state index in [1.54, 1.807) is 12.3 Å². The molecule has 0 saturated heterocycles. The summed E-state index contributed by atoms with van der Waals surface area (Å²) < 4.78 is 7.99. The van der Waals surface area contributed by atoms with Gasteiger partial charge in [-0.25, -0.2) is 0 Å². The molecule has 1 amide bonds. The molecule has 2 aromatic heterocycles. The van der Waals surface area contributed by atoms with Crippen LogP contribution in [0.5, 0.6) is 0 Å². The molecule has 0 unspecified atom stereocenters. The zero-order chi connectivity index (χ0) is 17.2. The third kappa shape index (κ3) is 3.42. The van der Waals surface area contributed by atoms with Crippen LogP contribution in [0.3, 0.4) is 0 Å². The van der Waals surface area contributed by atoms with Crippen LogP contribution in [0, 0.1) is 5.92 Å². The minimum absolute atomic E-state index is 0.0167. The number of fused-ring (bicyclic) bond motifs is 1. The zero-order valence-corrected chi connectivity index (χ0v) is 14.5. The topological polar surface area (TPSA) is 73.1 Å². The number of hydrogen-bond acceptors (Lipinski definition) is 5. The molecule has 0 spiro atoms. The van der Waals surface area contributed by atoms with E-state index in [0.29, 0.717) is 25.3 Å². The number of aryl methyl sites for hydroxylation is 1. The fourth-order valence-electron chi connectivity index (χ4n) is 3.45. The molecule has 7 heteroatoms. The number of nitrogens with zero attached hydrogens (tertiary/aromatic N) is 5. The number of carbonyl (C=O) groups is 1. The maximum absolute atomic E-state index is 12.8. The molecule has 0 radical (unpaired) electrons. The summed E-state index contributed by atoms with van der Waals surface area (Å²) >= 11 is 0. The van der Waals surface area contributed by atoms with Crippen molar-refractivity contribution in [1.29, 1.82) is 0 Å². The van der Waals surface area contributed by atoms with E-state index in [1.165, 1.54) is 24.7 Å². The van der Waals surface area contributed by atoms with Gasteiger partial charge in [0.05, 0.1) is 36.5 Å². The van der Waals surface area contributed by atoms with Gasteiger partial charge in [0, 0.05) is 37.7 Å². The van der Waals surface area contributed by atoms with Crippen molar-refractivity contribution < 1.29 is 9.53 Å². The average molecular weight is 341 g/mol. The van der Waals surface area contributed by atoms with Crippen molar-refractivity contribution in [2.75, 3.05) is 19.8 Å². The number of amides is 1. The van der Waals surface area contributed by atoms with E-state index < -0.39 is 0 Å². The first-order valence-electron chi connectivity index (χ1n) is 8.94. The summed E-state index contributed by atoms with van der Waals surface area (Å²) in [5.74, 6) is 0.875. The van der Waals surface area contributed by atoms with Crippen molar-refractivity contribution in [2.24, 2.45) is 5.92 Å². The summed E-state index contributed by atoms with van der Waals surface area (Å²) in [5, 5.41) is 12.1. The smallest absolute Gasteiger partial charge is 0.255 e. The lowest BCUT2D eigenvalue weighted by molar-refractivity contribution is 0.0619. The third-order valence-electron chi connectivity index (χ3n) is 4.94. The van der Waals surface area contributed by atoms with Gasteiger partial charge < -0.3 is 9.64 Å². The Labute approximate surface area is 147 Å². The highest BCUT2D eigenvalue weighted by atomic mass is 16.5. The van der Waals surface area contributed by atoms with E-state index in [4.69, 9.17) is 4.74 Å². The van der Waals surface area contributed by atoms with E-state index in [0.717, 1.165) is 24.6 Å². The highest BCUT2D eigenvalue weighted by Crippen LogP contribution is 2.32. The molecule has 1 atom stereocenters. The molecule has 0 aromatic carbocycles. The van der Waals surface area contributed by atoms with Crippen molar-refractivity contribution in [1.82, 2.24) is 24.9 Å². The molecule has 1 saturated carbocycles. The molecule has 0 N–H and O–H groups in total. The van der Waals surface area contributed by atoms with E-state index >= 15 is 0 Å². The Kier molecular flexibility index (Phi) is 4.48. The highest BCUT2D eigenvalue weighted by molar-refractivity contribution is 5.94. The van der Waals surface area contributed by atoms with Gasteiger partial charge in [-0.1, -0.05) is 0 Å². The van der Waals surface area contributed by atoms with Crippen LogP contribution in [0.4, 0.5) is 0 Å². The molecule has 0 bridgehead atoms. The van der Waals surface area contributed by atoms with Crippen molar-refractivity contribution in [3.8, 4) is 0 Å². The van der Waals surface area contributed by atoms with Crippen LogP contribution in [-0.2, 0) is 17.8 Å². The number of ether oxygens (including phenoxy) is 1. The molecule has 1 fully saturated rings. The van der Waals surface area contributed by atoms with Crippen molar-refractivity contribution >= 4 is 5.91 Å². The Morgan fingerprint density at radius 1 is 1.28 bits per heavy atom. The van der Waals surface area contributed by atoms with Gasteiger partial charge in [0.1, 0.15) is 0 Å². The van der Waals surface area contributed by atoms with Gasteiger partial charge in [-0.3, -0.25) is 9.48 Å². The van der Waals surface area contributed by atoms with E-state index in [-0.39, 0.29) is 11.8 Å². The SMILES string of the molecule is CCn1ncc2c1[C@H](COCC1CC1)CN(C(=O)c1ccnnc1)C2. The molecule has 3 heterocycles. The van der Waals surface area contributed by atoms with Crippen LogP contribution in [0.2, 0.25) is 0 Å². The van der Waals surface area contributed by atoms with Crippen LogP contribution in [0.1, 0.15) is 47.3 Å². The molecule has 7 nitrogen and oxygen atoms in total. The lowest BCUT2D eigenvalue weighted by atomic mass is 9.96. The fraction of sp³-hybridized carbons (Fsp3) is 0.556. The number of hydrogen-bond donors (Lipinski definition) is 0. The van der Waals surface area contributed by atoms with Crippen molar-refractivity contribution in [3.63, 3.8) is 0 Å². The maximum Gasteiger partial charge on any atom is 0.255 e. The Morgan fingerprint density at radius 3 is 2.88 bits per heavy atom. The Bertz CT molecular complexity index is 741. The average Bonchev–Trinajstić information content (AvgIpc) is 3.38. The Hall–Kier alpha value is -2.28. The van der Waals surface area contributed by atoms with Crippen LogP contribution in [-0.4, -0.2) is 50.5 Å². The quantitative estimate of drug-likeness (QED) is 0.802. The first kappa shape index (κ1) is 16.2. The second kappa shape index (κ2) is 6.92. The first-order valence-corrected chi connectivity index (χ1v) is 8.94. The van der Waals surface area contributed by atoms with Gasteiger partial charge in [-0.05, 0) is 31.7 Å². The second-order valence-corrected chi connectivity index (χ2v) is 6.87. The molecule has 132 valence electrons. The standard InChI is InChI=1S/C18H23N5O2/c1-2-23-17-15(8-21-23)9-22(18(24)14-5-6-19-20-7-14)10-16(17)12-25-11-13-3-4-13/h5-8,13,16H,2-4,9-12H2,1H3/t16-/m0/s1. The van der Waals surface area contributed by atoms with Crippen LogP contribution >= 0.6 is 0 Å². The van der Waals surface area contributed by atoms with Gasteiger partial charge in [0.25, 0.3) is 5.91 Å². The van der Waals surface area contributed by atoms with Gasteiger partial charge in [-0.2, -0.15) is 15.3 Å². The maximum atomic E-state index is 12.8. The summed E-state index contributed by atoms with van der Waals surface area (Å²) in [4.78, 5) is 14.7. The summed E-state index contributed by atoms with van der Waals surface area (Å²) in [6.45, 7) is 5.61. The lowest BCUT2D eigenvalue weighted by Gasteiger charge is -2.33. The Balaban J connectivity index is 1.54. The van der Waals surface area contributed by atoms with Gasteiger partial charge >= 0.3 is 0 Å².